The van der Waals surface area contributed by atoms with Gasteiger partial charge in [-0.3, -0.25) is 9.69 Å². The number of thiocarbonyl (C=S) groups is 1. The zero-order valence-corrected chi connectivity index (χ0v) is 15.1. The van der Waals surface area contributed by atoms with Gasteiger partial charge in [0.05, 0.1) is 4.91 Å². The number of hydrogen-bond donors (Lipinski definition) is 0. The third kappa shape index (κ3) is 3.68. The molecule has 24 heavy (non-hydrogen) atoms. The first-order chi connectivity index (χ1) is 11.5. The van der Waals surface area contributed by atoms with Crippen LogP contribution in [-0.2, 0) is 11.4 Å². The van der Waals surface area contributed by atoms with E-state index in [-0.39, 0.29) is 5.91 Å². The molecule has 1 amide bonds. The normalized spacial score (nSPS) is 16.1. The van der Waals surface area contributed by atoms with E-state index in [0.29, 0.717) is 15.8 Å². The van der Waals surface area contributed by atoms with Gasteiger partial charge in [-0.1, -0.05) is 72.0 Å². The number of ether oxygens (including phenoxy) is 1. The molecule has 5 heteroatoms. The second-order valence-corrected chi connectivity index (χ2v) is 7.23. The van der Waals surface area contributed by atoms with Gasteiger partial charge in [-0.25, -0.2) is 0 Å². The maximum absolute atomic E-state index is 12.2. The summed E-state index contributed by atoms with van der Waals surface area (Å²) in [5.74, 6) is 0.679. The maximum atomic E-state index is 12.2. The molecule has 122 valence electrons. The van der Waals surface area contributed by atoms with Gasteiger partial charge in [0.2, 0.25) is 0 Å². The lowest BCUT2D eigenvalue weighted by Gasteiger charge is -2.10. The lowest BCUT2D eigenvalue weighted by molar-refractivity contribution is -0.121. The Hall–Kier alpha value is -2.11. The van der Waals surface area contributed by atoms with E-state index in [1.807, 2.05) is 30.3 Å². The Morgan fingerprint density at radius 3 is 2.54 bits per heavy atom. The predicted octanol–water partition coefficient (Wildman–Crippen LogP) is 4.41. The van der Waals surface area contributed by atoms with Gasteiger partial charge in [0, 0.05) is 12.6 Å². The standard InChI is InChI=1S/C19H17NO2S2/c1-13-7-9-14(10-8-13)12-22-16-6-4-3-5-15(16)11-17-18(21)20(2)19(23)24-17/h3-11H,12H2,1-2H3/b17-11+. The van der Waals surface area contributed by atoms with Gasteiger partial charge in [0.1, 0.15) is 16.7 Å². The first kappa shape index (κ1) is 16.7. The molecule has 0 saturated carbocycles. The van der Waals surface area contributed by atoms with Crippen LogP contribution in [0.3, 0.4) is 0 Å². The molecule has 3 rings (SSSR count). The minimum atomic E-state index is -0.0710. The zero-order valence-electron chi connectivity index (χ0n) is 13.5. The summed E-state index contributed by atoms with van der Waals surface area (Å²) in [4.78, 5) is 14.3. The highest BCUT2D eigenvalue weighted by molar-refractivity contribution is 8.26. The van der Waals surface area contributed by atoms with Crippen molar-refractivity contribution in [1.82, 2.24) is 4.90 Å². The van der Waals surface area contributed by atoms with E-state index in [9.17, 15) is 4.79 Å². The molecule has 2 aromatic rings. The van der Waals surface area contributed by atoms with Crippen LogP contribution < -0.4 is 4.74 Å². The van der Waals surface area contributed by atoms with Crippen LogP contribution in [0.5, 0.6) is 5.75 Å². The number of nitrogens with zero attached hydrogens (tertiary/aromatic N) is 1. The molecule has 0 radical (unpaired) electrons. The Morgan fingerprint density at radius 1 is 1.17 bits per heavy atom. The van der Waals surface area contributed by atoms with Crippen LogP contribution in [0.2, 0.25) is 0 Å². The monoisotopic (exact) mass is 355 g/mol. The molecule has 0 spiro atoms. The number of benzene rings is 2. The van der Waals surface area contributed by atoms with Crippen LogP contribution in [0.1, 0.15) is 16.7 Å². The fourth-order valence-electron chi connectivity index (χ4n) is 2.26. The average Bonchev–Trinajstić information content (AvgIpc) is 2.82. The summed E-state index contributed by atoms with van der Waals surface area (Å²) in [6, 6.07) is 15.9. The molecular formula is C19H17NO2S2. The van der Waals surface area contributed by atoms with E-state index >= 15 is 0 Å². The Labute approximate surface area is 151 Å². The quantitative estimate of drug-likeness (QED) is 0.600. The number of rotatable bonds is 4. The third-order valence-corrected chi connectivity index (χ3v) is 5.19. The van der Waals surface area contributed by atoms with Crippen molar-refractivity contribution in [2.24, 2.45) is 0 Å². The Bertz CT molecular complexity index is 812. The number of thioether (sulfide) groups is 1. The van der Waals surface area contributed by atoms with Crippen LogP contribution in [0, 0.1) is 6.92 Å². The number of aryl methyl sites for hydroxylation is 1. The molecule has 0 unspecified atom stereocenters. The molecule has 1 heterocycles. The summed E-state index contributed by atoms with van der Waals surface area (Å²) >= 11 is 6.48. The molecule has 1 aliphatic heterocycles. The second-order valence-electron chi connectivity index (χ2n) is 5.55. The van der Waals surface area contributed by atoms with E-state index < -0.39 is 0 Å². The van der Waals surface area contributed by atoms with Crippen molar-refractivity contribution < 1.29 is 9.53 Å². The topological polar surface area (TPSA) is 29.5 Å². The van der Waals surface area contributed by atoms with Crippen molar-refractivity contribution in [2.75, 3.05) is 7.05 Å². The minimum Gasteiger partial charge on any atom is -0.488 e. The second kappa shape index (κ2) is 7.20. The summed E-state index contributed by atoms with van der Waals surface area (Å²) in [6.07, 6.45) is 1.84. The Kier molecular flexibility index (Phi) is 5.02. The molecule has 1 saturated heterocycles. The van der Waals surface area contributed by atoms with Gasteiger partial charge in [-0.05, 0) is 24.6 Å². The molecule has 0 bridgehead atoms. The third-order valence-electron chi connectivity index (χ3n) is 3.71. The fraction of sp³-hybridized carbons (Fsp3) is 0.158. The summed E-state index contributed by atoms with van der Waals surface area (Å²) in [7, 11) is 1.69. The van der Waals surface area contributed by atoms with Crippen molar-refractivity contribution in [2.45, 2.75) is 13.5 Å². The molecular weight excluding hydrogens is 338 g/mol. The van der Waals surface area contributed by atoms with Crippen LogP contribution >= 0.6 is 24.0 Å². The van der Waals surface area contributed by atoms with E-state index in [2.05, 4.69) is 31.2 Å². The van der Waals surface area contributed by atoms with Gasteiger partial charge < -0.3 is 4.74 Å². The summed E-state index contributed by atoms with van der Waals surface area (Å²) in [5, 5.41) is 0. The minimum absolute atomic E-state index is 0.0710. The van der Waals surface area contributed by atoms with Gasteiger partial charge in [0.15, 0.2) is 0 Å². The molecule has 0 aromatic heterocycles. The molecule has 0 N–H and O–H groups in total. The summed E-state index contributed by atoms with van der Waals surface area (Å²) in [5.41, 5.74) is 3.20. The average molecular weight is 355 g/mol. The highest BCUT2D eigenvalue weighted by atomic mass is 32.2. The van der Waals surface area contributed by atoms with E-state index in [1.165, 1.54) is 22.2 Å². The lowest BCUT2D eigenvalue weighted by atomic mass is 10.1. The van der Waals surface area contributed by atoms with Crippen molar-refractivity contribution in [3.8, 4) is 5.75 Å². The first-order valence-electron chi connectivity index (χ1n) is 7.53. The summed E-state index contributed by atoms with van der Waals surface area (Å²) < 4.78 is 6.52. The van der Waals surface area contributed by atoms with Crippen LogP contribution in [0.15, 0.2) is 53.4 Å². The SMILES string of the molecule is Cc1ccc(COc2ccccc2/C=C2/SC(=S)N(C)C2=O)cc1. The zero-order chi connectivity index (χ0) is 17.1. The highest BCUT2D eigenvalue weighted by Gasteiger charge is 2.28. The van der Waals surface area contributed by atoms with Crippen molar-refractivity contribution in [1.29, 1.82) is 0 Å². The number of carbonyl (C=O) groups is 1. The molecule has 3 nitrogen and oxygen atoms in total. The number of likely N-dealkylation sites (N-methyl/N-ethyl adjacent to an activating group) is 1. The number of para-hydroxylation sites is 1. The summed E-state index contributed by atoms with van der Waals surface area (Å²) in [6.45, 7) is 2.55. The smallest absolute Gasteiger partial charge is 0.265 e. The number of amides is 1. The van der Waals surface area contributed by atoms with Crippen LogP contribution in [0.25, 0.3) is 6.08 Å². The molecule has 0 atom stereocenters. The Morgan fingerprint density at radius 2 is 1.88 bits per heavy atom. The highest BCUT2D eigenvalue weighted by Crippen LogP contribution is 2.33. The molecule has 1 fully saturated rings. The van der Waals surface area contributed by atoms with Crippen LogP contribution in [-0.4, -0.2) is 22.2 Å². The van der Waals surface area contributed by atoms with Gasteiger partial charge >= 0.3 is 0 Å². The van der Waals surface area contributed by atoms with Crippen molar-refractivity contribution in [3.05, 3.63) is 70.1 Å². The number of carbonyl (C=O) groups excluding carboxylic acids is 1. The number of hydrogen-bond acceptors (Lipinski definition) is 4. The predicted molar refractivity (Wildman–Crippen MR) is 103 cm³/mol. The van der Waals surface area contributed by atoms with Crippen LogP contribution in [0.4, 0.5) is 0 Å². The Balaban J connectivity index is 1.79. The van der Waals surface area contributed by atoms with Gasteiger partial charge in [-0.2, -0.15) is 0 Å². The molecule has 0 aliphatic carbocycles. The van der Waals surface area contributed by atoms with E-state index in [0.717, 1.165) is 16.9 Å². The van der Waals surface area contributed by atoms with Crippen molar-refractivity contribution in [3.63, 3.8) is 0 Å². The largest absolute Gasteiger partial charge is 0.488 e. The molecule has 1 aliphatic rings. The van der Waals surface area contributed by atoms with E-state index in [4.69, 9.17) is 17.0 Å². The molecule has 2 aromatic carbocycles. The van der Waals surface area contributed by atoms with Crippen molar-refractivity contribution >= 4 is 40.3 Å². The fourth-order valence-corrected chi connectivity index (χ4v) is 3.43. The van der Waals surface area contributed by atoms with Gasteiger partial charge in [-0.15, -0.1) is 0 Å². The lowest BCUT2D eigenvalue weighted by Crippen LogP contribution is -2.22. The first-order valence-corrected chi connectivity index (χ1v) is 8.76. The van der Waals surface area contributed by atoms with Gasteiger partial charge in [0.25, 0.3) is 5.91 Å². The van der Waals surface area contributed by atoms with E-state index in [1.54, 1.807) is 7.05 Å². The maximum Gasteiger partial charge on any atom is 0.265 e.